The maximum absolute atomic E-state index is 6.25. The number of aryl methyl sites for hydroxylation is 3. The fraction of sp³-hybridized carbons (Fsp3) is 0.688. The molecule has 3 atom stereocenters. The Bertz CT molecular complexity index is 675. The lowest BCUT2D eigenvalue weighted by atomic mass is 9.91. The van der Waals surface area contributed by atoms with Gasteiger partial charge in [0.1, 0.15) is 17.7 Å². The molecule has 1 N–H and O–H groups in total. The molecule has 2 fully saturated rings. The van der Waals surface area contributed by atoms with Crippen LogP contribution in [-0.2, 0) is 11.3 Å². The predicted octanol–water partition coefficient (Wildman–Crippen LogP) is 2.07. The van der Waals surface area contributed by atoms with E-state index in [1.54, 1.807) is 0 Å². The van der Waals surface area contributed by atoms with Gasteiger partial charge in [0.2, 0.25) is 0 Å². The first-order valence-corrected chi connectivity index (χ1v) is 8.28. The summed E-state index contributed by atoms with van der Waals surface area (Å²) in [4.78, 5) is 6.87. The average Bonchev–Trinajstić information content (AvgIpc) is 3.21. The molecule has 4 rings (SSSR count). The van der Waals surface area contributed by atoms with E-state index in [0.717, 1.165) is 55.6 Å². The molecule has 4 heterocycles. The summed E-state index contributed by atoms with van der Waals surface area (Å²) in [6.45, 7) is 8.84. The molecule has 0 radical (unpaired) electrons. The molecule has 0 aromatic carbocycles. The number of likely N-dealkylation sites (tertiary alicyclic amines) is 1. The number of fused-ring (bicyclic) bond motifs is 1. The predicted molar refractivity (Wildman–Crippen MR) is 82.7 cm³/mol. The number of piperidine rings is 1. The van der Waals surface area contributed by atoms with Gasteiger partial charge in [-0.2, -0.15) is 5.10 Å². The molecule has 124 valence electrons. The Morgan fingerprint density at radius 2 is 2.17 bits per heavy atom. The molecule has 2 aromatic rings. The van der Waals surface area contributed by atoms with Crippen molar-refractivity contribution in [1.82, 2.24) is 25.2 Å². The van der Waals surface area contributed by atoms with Crippen molar-refractivity contribution in [2.45, 2.75) is 52.4 Å². The lowest BCUT2D eigenvalue weighted by Gasteiger charge is -2.33. The van der Waals surface area contributed by atoms with Gasteiger partial charge >= 0.3 is 0 Å². The van der Waals surface area contributed by atoms with Crippen molar-refractivity contribution in [2.75, 3.05) is 13.1 Å². The lowest BCUT2D eigenvalue weighted by Crippen LogP contribution is -2.41. The molecule has 0 aliphatic carbocycles. The number of nitrogens with zero attached hydrogens (tertiary/aromatic N) is 4. The van der Waals surface area contributed by atoms with Gasteiger partial charge in [-0.3, -0.25) is 10.00 Å². The van der Waals surface area contributed by atoms with E-state index >= 15 is 0 Å². The van der Waals surface area contributed by atoms with Crippen LogP contribution in [0.2, 0.25) is 0 Å². The van der Waals surface area contributed by atoms with Crippen LogP contribution in [0, 0.1) is 26.7 Å². The first-order valence-electron chi connectivity index (χ1n) is 8.28. The number of hydrogen-bond donors (Lipinski definition) is 1. The fourth-order valence-corrected chi connectivity index (χ4v) is 3.76. The summed E-state index contributed by atoms with van der Waals surface area (Å²) in [5.41, 5.74) is 2.20. The van der Waals surface area contributed by atoms with Gasteiger partial charge in [-0.15, -0.1) is 0 Å². The first kappa shape index (κ1) is 14.8. The monoisotopic (exact) mass is 317 g/mol. The third kappa shape index (κ3) is 2.79. The van der Waals surface area contributed by atoms with E-state index < -0.39 is 0 Å². The number of nitrogens with one attached hydrogen (secondary N) is 1. The van der Waals surface area contributed by atoms with Crippen molar-refractivity contribution in [3.63, 3.8) is 0 Å². The van der Waals surface area contributed by atoms with E-state index in [4.69, 9.17) is 9.26 Å². The van der Waals surface area contributed by atoms with E-state index in [1.165, 1.54) is 5.56 Å². The topological polar surface area (TPSA) is 80.1 Å². The summed E-state index contributed by atoms with van der Waals surface area (Å²) in [5.74, 6) is 3.18. The second-order valence-corrected chi connectivity index (χ2v) is 6.76. The van der Waals surface area contributed by atoms with Gasteiger partial charge in [-0.05, 0) is 46.1 Å². The smallest absolute Gasteiger partial charge is 0.179 e. The molecule has 7 heteroatoms. The van der Waals surface area contributed by atoms with Crippen LogP contribution >= 0.6 is 0 Å². The van der Waals surface area contributed by atoms with Gasteiger partial charge in [-0.1, -0.05) is 5.16 Å². The SMILES string of the molecule is Cc1nc([C@@H]2C[C@H]3CCN(Cc4c(C)noc4C)C[C@@H]3O2)n[nH]1. The number of aromatic nitrogens is 4. The molecular weight excluding hydrogens is 294 g/mol. The minimum Gasteiger partial charge on any atom is -0.365 e. The number of hydrogen-bond acceptors (Lipinski definition) is 6. The van der Waals surface area contributed by atoms with Crippen molar-refractivity contribution in [1.29, 1.82) is 0 Å². The van der Waals surface area contributed by atoms with Crippen molar-refractivity contribution in [3.05, 3.63) is 28.7 Å². The Hall–Kier alpha value is -1.73. The Kier molecular flexibility index (Phi) is 3.69. The summed E-state index contributed by atoms with van der Waals surface area (Å²) in [6.07, 6.45) is 2.50. The van der Waals surface area contributed by atoms with E-state index in [2.05, 4.69) is 25.2 Å². The van der Waals surface area contributed by atoms with Gasteiger partial charge < -0.3 is 9.26 Å². The summed E-state index contributed by atoms with van der Waals surface area (Å²) in [5, 5.41) is 11.2. The molecule has 7 nitrogen and oxygen atoms in total. The highest BCUT2D eigenvalue weighted by Crippen LogP contribution is 2.40. The zero-order chi connectivity index (χ0) is 16.0. The number of H-pyrrole nitrogens is 1. The Labute approximate surface area is 135 Å². The van der Waals surface area contributed by atoms with Crippen LogP contribution < -0.4 is 0 Å². The maximum atomic E-state index is 6.25. The number of aromatic amines is 1. The molecule has 0 unspecified atom stereocenters. The van der Waals surface area contributed by atoms with Crippen LogP contribution in [0.15, 0.2) is 4.52 Å². The van der Waals surface area contributed by atoms with Gasteiger partial charge in [0, 0.05) is 18.7 Å². The molecule has 0 amide bonds. The van der Waals surface area contributed by atoms with Crippen molar-refractivity contribution >= 4 is 0 Å². The molecule has 2 aliphatic rings. The molecule has 0 bridgehead atoms. The molecule has 2 aromatic heterocycles. The van der Waals surface area contributed by atoms with E-state index in [9.17, 15) is 0 Å². The second kappa shape index (κ2) is 5.72. The Morgan fingerprint density at radius 3 is 2.87 bits per heavy atom. The minimum atomic E-state index is 0.0361. The van der Waals surface area contributed by atoms with Crippen LogP contribution in [-0.4, -0.2) is 44.4 Å². The van der Waals surface area contributed by atoms with Crippen molar-refractivity contribution in [3.8, 4) is 0 Å². The summed E-state index contributed by atoms with van der Waals surface area (Å²) >= 11 is 0. The van der Waals surface area contributed by atoms with Crippen LogP contribution in [0.5, 0.6) is 0 Å². The Balaban J connectivity index is 1.41. The zero-order valence-electron chi connectivity index (χ0n) is 13.9. The normalized spacial score (nSPS) is 28.2. The fourth-order valence-electron chi connectivity index (χ4n) is 3.76. The van der Waals surface area contributed by atoms with Crippen LogP contribution in [0.25, 0.3) is 0 Å². The second-order valence-electron chi connectivity index (χ2n) is 6.76. The highest BCUT2D eigenvalue weighted by atomic mass is 16.5. The van der Waals surface area contributed by atoms with Crippen molar-refractivity contribution in [2.24, 2.45) is 5.92 Å². The van der Waals surface area contributed by atoms with Gasteiger partial charge in [0.25, 0.3) is 0 Å². The number of rotatable bonds is 3. The largest absolute Gasteiger partial charge is 0.365 e. The summed E-state index contributed by atoms with van der Waals surface area (Å²) < 4.78 is 11.5. The standard InChI is InChI=1S/C16H23N5O2/c1-9-13(10(2)23-20-9)7-21-5-4-12-6-14(22-15(12)8-21)16-17-11(3)18-19-16/h12,14-15H,4-8H2,1-3H3,(H,17,18,19)/t12-,14+,15+/m1/s1. The van der Waals surface area contributed by atoms with Crippen LogP contribution in [0.1, 0.15) is 47.6 Å². The quantitative estimate of drug-likeness (QED) is 0.933. The summed E-state index contributed by atoms with van der Waals surface area (Å²) in [7, 11) is 0. The Morgan fingerprint density at radius 1 is 1.30 bits per heavy atom. The average molecular weight is 317 g/mol. The van der Waals surface area contributed by atoms with Gasteiger partial charge in [0.05, 0.1) is 11.8 Å². The molecule has 0 spiro atoms. The first-order chi connectivity index (χ1) is 11.1. The molecule has 2 saturated heterocycles. The molecule has 0 saturated carbocycles. The third-order valence-electron chi connectivity index (χ3n) is 5.10. The van der Waals surface area contributed by atoms with Crippen LogP contribution in [0.3, 0.4) is 0 Å². The zero-order valence-corrected chi connectivity index (χ0v) is 13.9. The van der Waals surface area contributed by atoms with Gasteiger partial charge in [0.15, 0.2) is 5.82 Å². The van der Waals surface area contributed by atoms with Crippen molar-refractivity contribution < 1.29 is 9.26 Å². The van der Waals surface area contributed by atoms with E-state index in [0.29, 0.717) is 5.92 Å². The molecular formula is C16H23N5O2. The molecule has 23 heavy (non-hydrogen) atoms. The molecule has 2 aliphatic heterocycles. The van der Waals surface area contributed by atoms with Crippen LogP contribution in [0.4, 0.5) is 0 Å². The number of ether oxygens (including phenoxy) is 1. The minimum absolute atomic E-state index is 0.0361. The van der Waals surface area contributed by atoms with E-state index in [1.807, 2.05) is 20.8 Å². The lowest BCUT2D eigenvalue weighted by molar-refractivity contribution is -0.0120. The maximum Gasteiger partial charge on any atom is 0.179 e. The third-order valence-corrected chi connectivity index (χ3v) is 5.10. The van der Waals surface area contributed by atoms with E-state index in [-0.39, 0.29) is 12.2 Å². The highest BCUT2D eigenvalue weighted by molar-refractivity contribution is 5.20. The summed E-state index contributed by atoms with van der Waals surface area (Å²) in [6, 6.07) is 0. The highest BCUT2D eigenvalue weighted by Gasteiger charge is 2.41. The van der Waals surface area contributed by atoms with Gasteiger partial charge in [-0.25, -0.2) is 4.98 Å².